The number of aromatic amines is 1. The number of hydrogen-bond acceptors (Lipinski definition) is 3. The Morgan fingerprint density at radius 1 is 1.09 bits per heavy atom. The molecule has 3 aliphatic rings. The molecule has 3 aromatic rings. The van der Waals surface area contributed by atoms with Crippen LogP contribution in [0.4, 0.5) is 18.9 Å². The van der Waals surface area contributed by atoms with Crippen LogP contribution >= 0.6 is 0 Å². The van der Waals surface area contributed by atoms with E-state index in [1.165, 1.54) is 0 Å². The first-order valence-corrected chi connectivity index (χ1v) is 11.6. The number of nitrogens with one attached hydrogen (secondary N) is 2. The summed E-state index contributed by atoms with van der Waals surface area (Å²) >= 11 is 0. The molecule has 0 bridgehead atoms. The number of fused-ring (bicyclic) bond motifs is 1. The zero-order valence-electron chi connectivity index (χ0n) is 18.5. The first-order chi connectivity index (χ1) is 16.3. The van der Waals surface area contributed by atoms with Gasteiger partial charge in [-0.25, -0.2) is 0 Å². The topological polar surface area (TPSA) is 63.4 Å². The highest BCUT2D eigenvalue weighted by Gasteiger charge is 2.52. The molecule has 1 aromatic heterocycles. The molecule has 2 N–H and O–H groups in total. The van der Waals surface area contributed by atoms with Gasteiger partial charge in [0.05, 0.1) is 30.6 Å². The molecule has 2 aliphatic carbocycles. The number of halogens is 3. The molecule has 0 atom stereocenters. The lowest BCUT2D eigenvalue weighted by molar-refractivity contribution is -0.181. The van der Waals surface area contributed by atoms with Gasteiger partial charge in [0.1, 0.15) is 5.75 Å². The molecule has 3 fully saturated rings. The highest BCUT2D eigenvalue weighted by atomic mass is 19.4. The smallest absolute Gasteiger partial charge is 0.416 e. The van der Waals surface area contributed by atoms with E-state index in [1.54, 1.807) is 18.3 Å². The van der Waals surface area contributed by atoms with Crippen LogP contribution in [-0.2, 0) is 15.7 Å². The van der Waals surface area contributed by atoms with Crippen LogP contribution in [-0.4, -0.2) is 30.2 Å². The van der Waals surface area contributed by atoms with Crippen LogP contribution in [0.3, 0.4) is 0 Å². The van der Waals surface area contributed by atoms with Crippen molar-refractivity contribution in [2.45, 2.75) is 43.9 Å². The lowest BCUT2D eigenvalue weighted by Gasteiger charge is -2.52. The van der Waals surface area contributed by atoms with Gasteiger partial charge >= 0.3 is 6.18 Å². The molecule has 1 amide bonds. The van der Waals surface area contributed by atoms with Gasteiger partial charge in [-0.2, -0.15) is 13.2 Å². The molecule has 178 valence electrons. The Morgan fingerprint density at radius 2 is 1.82 bits per heavy atom. The second kappa shape index (κ2) is 7.77. The molecule has 2 saturated carbocycles. The predicted octanol–water partition coefficient (Wildman–Crippen LogP) is 5.88. The number of alkyl halides is 3. The Labute approximate surface area is 194 Å². The van der Waals surface area contributed by atoms with Gasteiger partial charge in [0.25, 0.3) is 0 Å². The van der Waals surface area contributed by atoms with Crippen LogP contribution in [0.5, 0.6) is 5.75 Å². The van der Waals surface area contributed by atoms with Crippen molar-refractivity contribution in [2.24, 2.45) is 11.3 Å². The van der Waals surface area contributed by atoms with E-state index in [-0.39, 0.29) is 29.3 Å². The lowest BCUT2D eigenvalue weighted by atomic mass is 9.60. The minimum Gasteiger partial charge on any atom is -0.490 e. The number of hydrogen-bond donors (Lipinski definition) is 2. The second-order valence-electron chi connectivity index (χ2n) is 10.0. The minimum absolute atomic E-state index is 0.0117. The molecule has 34 heavy (non-hydrogen) atoms. The quantitative estimate of drug-likeness (QED) is 0.490. The second-order valence-corrected chi connectivity index (χ2v) is 10.0. The van der Waals surface area contributed by atoms with Gasteiger partial charge < -0.3 is 19.8 Å². The molecule has 0 radical (unpaired) electrons. The van der Waals surface area contributed by atoms with Crippen LogP contribution in [0.2, 0.25) is 0 Å². The Morgan fingerprint density at radius 3 is 2.47 bits per heavy atom. The van der Waals surface area contributed by atoms with Crippen LogP contribution < -0.4 is 10.1 Å². The first kappa shape index (κ1) is 21.5. The summed E-state index contributed by atoms with van der Waals surface area (Å²) in [6.07, 6.45) is 0.786. The summed E-state index contributed by atoms with van der Waals surface area (Å²) < 4.78 is 49.7. The van der Waals surface area contributed by atoms with E-state index in [0.29, 0.717) is 5.75 Å². The third kappa shape index (κ3) is 3.83. The van der Waals surface area contributed by atoms with Crippen molar-refractivity contribution >= 4 is 22.5 Å². The number of carbonyl (C=O) groups is 1. The van der Waals surface area contributed by atoms with E-state index in [1.807, 2.05) is 18.2 Å². The van der Waals surface area contributed by atoms with E-state index in [4.69, 9.17) is 9.47 Å². The Balaban J connectivity index is 1.07. The summed E-state index contributed by atoms with van der Waals surface area (Å²) in [6, 6.07) is 11.2. The zero-order chi connectivity index (χ0) is 23.5. The molecule has 5 nitrogen and oxygen atoms in total. The van der Waals surface area contributed by atoms with E-state index < -0.39 is 11.7 Å². The maximum Gasteiger partial charge on any atom is 0.416 e. The number of carbonyl (C=O) groups excluding carboxylic acids is 1. The fourth-order valence-corrected chi connectivity index (χ4v) is 5.38. The third-order valence-corrected chi connectivity index (χ3v) is 7.56. The van der Waals surface area contributed by atoms with Crippen LogP contribution in [0.15, 0.2) is 48.7 Å². The summed E-state index contributed by atoms with van der Waals surface area (Å²) in [6.45, 7) is 1.54. The van der Waals surface area contributed by atoms with Gasteiger partial charge in [0.15, 0.2) is 0 Å². The van der Waals surface area contributed by atoms with E-state index in [0.717, 1.165) is 73.2 Å². The fourth-order valence-electron chi connectivity index (χ4n) is 5.38. The lowest BCUT2D eigenvalue weighted by Crippen LogP contribution is -2.54. The molecule has 6 rings (SSSR count). The normalized spacial score (nSPS) is 23.7. The molecule has 0 unspecified atom stereocenters. The van der Waals surface area contributed by atoms with Crippen molar-refractivity contribution in [1.29, 1.82) is 0 Å². The van der Waals surface area contributed by atoms with Gasteiger partial charge in [0, 0.05) is 28.4 Å². The highest BCUT2D eigenvalue weighted by molar-refractivity contribution is 6.03. The zero-order valence-corrected chi connectivity index (χ0v) is 18.5. The molecule has 1 saturated heterocycles. The van der Waals surface area contributed by atoms with Gasteiger partial charge in [-0.05, 0) is 67.5 Å². The van der Waals surface area contributed by atoms with Crippen molar-refractivity contribution in [1.82, 2.24) is 4.98 Å². The minimum atomic E-state index is -4.31. The third-order valence-electron chi connectivity index (χ3n) is 7.56. The van der Waals surface area contributed by atoms with E-state index in [9.17, 15) is 18.0 Å². The van der Waals surface area contributed by atoms with Gasteiger partial charge in [0.2, 0.25) is 5.91 Å². The number of rotatable bonds is 5. The summed E-state index contributed by atoms with van der Waals surface area (Å²) in [4.78, 5) is 15.9. The number of ether oxygens (including phenoxy) is 2. The van der Waals surface area contributed by atoms with Crippen LogP contribution in [0, 0.1) is 11.3 Å². The largest absolute Gasteiger partial charge is 0.490 e. The van der Waals surface area contributed by atoms with Gasteiger partial charge in [-0.1, -0.05) is 12.1 Å². The van der Waals surface area contributed by atoms with E-state index >= 15 is 0 Å². The molecule has 1 aliphatic heterocycles. The molecule has 2 heterocycles. The average Bonchev–Trinajstić information content (AvgIpc) is 3.10. The standard InChI is InChI=1S/C26H25F3N2O3/c27-26(28,29)18-3-1-15(2-4-18)16-7-20(8-16)34-19-5-6-22-21(9-19)23(12-30-22)31-24(32)17-10-25(11-17)13-33-14-25/h1-6,9,12,16-17,20,30H,7-8,10-11,13-14H2,(H,31,32). The van der Waals surface area contributed by atoms with Crippen molar-refractivity contribution < 1.29 is 27.4 Å². The molecular weight excluding hydrogens is 445 g/mol. The SMILES string of the molecule is O=C(Nc1c[nH]c2ccc(OC3CC(c4ccc(C(F)(F)F)cc4)C3)cc12)C1CC2(COC2)C1. The van der Waals surface area contributed by atoms with Crippen molar-refractivity contribution in [3.05, 3.63) is 59.8 Å². The predicted molar refractivity (Wildman–Crippen MR) is 121 cm³/mol. The van der Waals surface area contributed by atoms with Gasteiger partial charge in [-0.15, -0.1) is 0 Å². The average molecular weight is 470 g/mol. The summed E-state index contributed by atoms with van der Waals surface area (Å²) in [5.74, 6) is 0.992. The maximum absolute atomic E-state index is 12.8. The van der Waals surface area contributed by atoms with Crippen molar-refractivity contribution in [3.8, 4) is 5.75 Å². The number of aromatic nitrogens is 1. The first-order valence-electron chi connectivity index (χ1n) is 11.6. The van der Waals surface area contributed by atoms with Crippen molar-refractivity contribution in [2.75, 3.05) is 18.5 Å². The number of H-pyrrole nitrogens is 1. The van der Waals surface area contributed by atoms with Crippen LogP contribution in [0.1, 0.15) is 42.7 Å². The summed E-state index contributed by atoms with van der Waals surface area (Å²) in [5.41, 5.74) is 2.18. The molecule has 1 spiro atoms. The molecule has 8 heteroatoms. The summed E-state index contributed by atoms with van der Waals surface area (Å²) in [7, 11) is 0. The monoisotopic (exact) mass is 470 g/mol. The van der Waals surface area contributed by atoms with Crippen LogP contribution in [0.25, 0.3) is 10.9 Å². The molecule has 2 aromatic carbocycles. The number of benzene rings is 2. The Bertz CT molecular complexity index is 1220. The fraction of sp³-hybridized carbons (Fsp3) is 0.423. The Hall–Kier alpha value is -3.00. The summed E-state index contributed by atoms with van der Waals surface area (Å²) in [5, 5.41) is 3.95. The number of anilines is 1. The molecular formula is C26H25F3N2O3. The van der Waals surface area contributed by atoms with E-state index in [2.05, 4.69) is 10.3 Å². The Kier molecular flexibility index (Phi) is 4.92. The maximum atomic E-state index is 12.8. The van der Waals surface area contributed by atoms with Crippen molar-refractivity contribution in [3.63, 3.8) is 0 Å². The highest BCUT2D eigenvalue weighted by Crippen LogP contribution is 2.51. The van der Waals surface area contributed by atoms with Gasteiger partial charge in [-0.3, -0.25) is 4.79 Å². The number of amides is 1.